The molecule has 0 unspecified atom stereocenters. The van der Waals surface area contributed by atoms with Crippen molar-refractivity contribution in [2.75, 3.05) is 11.1 Å². The highest BCUT2D eigenvalue weighted by Crippen LogP contribution is 2.23. The van der Waals surface area contributed by atoms with Crippen molar-refractivity contribution < 1.29 is 4.79 Å². The summed E-state index contributed by atoms with van der Waals surface area (Å²) in [5.74, 6) is -0.231. The van der Waals surface area contributed by atoms with E-state index in [1.807, 2.05) is 0 Å². The van der Waals surface area contributed by atoms with E-state index in [1.165, 1.54) is 6.20 Å². The van der Waals surface area contributed by atoms with Gasteiger partial charge < -0.3 is 11.1 Å². The van der Waals surface area contributed by atoms with Gasteiger partial charge in [0.15, 0.2) is 0 Å². The molecule has 1 aromatic heterocycles. The number of hydrogen-bond donors (Lipinski definition) is 2. The van der Waals surface area contributed by atoms with E-state index in [-0.39, 0.29) is 5.91 Å². The molecule has 2 aromatic rings. The van der Waals surface area contributed by atoms with E-state index in [2.05, 4.69) is 42.2 Å². The minimum Gasteiger partial charge on any atom is -0.398 e. The number of carbonyl (C=O) groups is 1. The maximum atomic E-state index is 11.9. The maximum absolute atomic E-state index is 11.9. The Labute approximate surface area is 121 Å². The maximum Gasteiger partial charge on any atom is 0.257 e. The Balaban J connectivity index is 2.18. The van der Waals surface area contributed by atoms with Gasteiger partial charge in [-0.3, -0.25) is 9.78 Å². The average Bonchev–Trinajstić information content (AvgIpc) is 2.34. The second kappa shape index (κ2) is 5.49. The molecule has 92 valence electrons. The predicted octanol–water partition coefficient (Wildman–Crippen LogP) is 3.44. The number of nitrogens with two attached hydrogens (primary N) is 1. The van der Waals surface area contributed by atoms with E-state index in [4.69, 9.17) is 5.73 Å². The van der Waals surface area contributed by atoms with Gasteiger partial charge in [-0.25, -0.2) is 0 Å². The van der Waals surface area contributed by atoms with E-state index < -0.39 is 0 Å². The van der Waals surface area contributed by atoms with Gasteiger partial charge in [0.2, 0.25) is 0 Å². The minimum atomic E-state index is -0.231. The molecule has 0 bridgehead atoms. The van der Waals surface area contributed by atoms with Crippen LogP contribution in [0.3, 0.4) is 0 Å². The molecule has 18 heavy (non-hydrogen) atoms. The Morgan fingerprint density at radius 3 is 2.67 bits per heavy atom. The lowest BCUT2D eigenvalue weighted by atomic mass is 10.2. The summed E-state index contributed by atoms with van der Waals surface area (Å²) in [4.78, 5) is 15.9. The molecule has 0 aliphatic heterocycles. The summed E-state index contributed by atoms with van der Waals surface area (Å²) in [7, 11) is 0. The summed E-state index contributed by atoms with van der Waals surface area (Å²) < 4.78 is 1.55. The molecule has 0 saturated carbocycles. The molecule has 0 spiro atoms. The first-order valence-corrected chi connectivity index (χ1v) is 6.62. The van der Waals surface area contributed by atoms with Crippen LogP contribution in [0, 0.1) is 0 Å². The number of benzene rings is 1. The third-order valence-corrected chi connectivity index (χ3v) is 3.38. The summed E-state index contributed by atoms with van der Waals surface area (Å²) in [6, 6.07) is 6.94. The lowest BCUT2D eigenvalue weighted by molar-refractivity contribution is 0.102. The summed E-state index contributed by atoms with van der Waals surface area (Å²) in [5, 5.41) is 2.75. The number of rotatable bonds is 2. The van der Waals surface area contributed by atoms with Crippen molar-refractivity contribution in [1.29, 1.82) is 0 Å². The second-order valence-electron chi connectivity index (χ2n) is 3.58. The van der Waals surface area contributed by atoms with Crippen molar-refractivity contribution in [1.82, 2.24) is 4.98 Å². The van der Waals surface area contributed by atoms with Crippen LogP contribution >= 0.6 is 31.9 Å². The zero-order valence-electron chi connectivity index (χ0n) is 9.15. The smallest absolute Gasteiger partial charge is 0.257 e. The Hall–Kier alpha value is -1.40. The lowest BCUT2D eigenvalue weighted by Gasteiger charge is -2.07. The number of amides is 1. The van der Waals surface area contributed by atoms with Gasteiger partial charge in [-0.15, -0.1) is 0 Å². The molecule has 0 saturated heterocycles. The fourth-order valence-electron chi connectivity index (χ4n) is 1.36. The fraction of sp³-hybridized carbons (Fsp3) is 0. The van der Waals surface area contributed by atoms with Crippen LogP contribution < -0.4 is 11.1 Å². The molecule has 0 aliphatic rings. The predicted molar refractivity (Wildman–Crippen MR) is 78.4 cm³/mol. The molecule has 1 heterocycles. The molecule has 0 aliphatic carbocycles. The van der Waals surface area contributed by atoms with Gasteiger partial charge in [0.25, 0.3) is 5.91 Å². The first-order valence-electron chi connectivity index (χ1n) is 5.03. The molecule has 1 aromatic carbocycles. The number of halogens is 2. The Morgan fingerprint density at radius 2 is 2.00 bits per heavy atom. The normalized spacial score (nSPS) is 10.1. The van der Waals surface area contributed by atoms with Crippen LogP contribution in [-0.4, -0.2) is 10.9 Å². The molecular weight excluding hydrogens is 362 g/mol. The van der Waals surface area contributed by atoms with Crippen LogP contribution in [0.4, 0.5) is 11.4 Å². The van der Waals surface area contributed by atoms with E-state index in [9.17, 15) is 4.79 Å². The summed E-state index contributed by atoms with van der Waals surface area (Å²) >= 11 is 6.56. The molecule has 0 fully saturated rings. The highest BCUT2D eigenvalue weighted by molar-refractivity contribution is 9.10. The first-order chi connectivity index (χ1) is 8.56. The largest absolute Gasteiger partial charge is 0.398 e. The van der Waals surface area contributed by atoms with E-state index in [0.717, 1.165) is 8.95 Å². The lowest BCUT2D eigenvalue weighted by Crippen LogP contribution is -2.12. The number of nitrogens with one attached hydrogen (secondary N) is 1. The molecule has 0 atom stereocenters. The van der Waals surface area contributed by atoms with Gasteiger partial charge in [-0.1, -0.05) is 0 Å². The number of carbonyl (C=O) groups excluding carboxylic acids is 1. The Morgan fingerprint density at radius 1 is 1.22 bits per heavy atom. The highest BCUT2D eigenvalue weighted by atomic mass is 79.9. The zero-order chi connectivity index (χ0) is 13.1. The minimum absolute atomic E-state index is 0.231. The van der Waals surface area contributed by atoms with Crippen LogP contribution in [0.25, 0.3) is 0 Å². The Kier molecular flexibility index (Phi) is 3.98. The molecule has 1 amide bonds. The number of pyridine rings is 1. The topological polar surface area (TPSA) is 68.0 Å². The molecule has 3 N–H and O–H groups in total. The number of hydrogen-bond acceptors (Lipinski definition) is 3. The van der Waals surface area contributed by atoms with Crippen molar-refractivity contribution in [3.05, 3.63) is 51.2 Å². The van der Waals surface area contributed by atoms with E-state index in [1.54, 1.807) is 30.5 Å². The van der Waals surface area contributed by atoms with Crippen molar-refractivity contribution >= 4 is 49.1 Å². The molecule has 6 heteroatoms. The van der Waals surface area contributed by atoms with Gasteiger partial charge in [-0.05, 0) is 56.1 Å². The monoisotopic (exact) mass is 369 g/mol. The zero-order valence-corrected chi connectivity index (χ0v) is 12.3. The first kappa shape index (κ1) is 13.0. The van der Waals surface area contributed by atoms with Crippen molar-refractivity contribution in [2.24, 2.45) is 0 Å². The van der Waals surface area contributed by atoms with Crippen molar-refractivity contribution in [3.8, 4) is 0 Å². The third-order valence-electron chi connectivity index (χ3n) is 2.22. The summed E-state index contributed by atoms with van der Waals surface area (Å²) in [6.07, 6.45) is 3.12. The highest BCUT2D eigenvalue weighted by Gasteiger charge is 2.07. The van der Waals surface area contributed by atoms with Crippen LogP contribution in [0.2, 0.25) is 0 Å². The number of nitrogen functional groups attached to an aromatic ring is 1. The van der Waals surface area contributed by atoms with Gasteiger partial charge in [0.1, 0.15) is 0 Å². The van der Waals surface area contributed by atoms with Gasteiger partial charge in [0.05, 0.1) is 5.56 Å². The second-order valence-corrected chi connectivity index (χ2v) is 5.35. The molecule has 4 nitrogen and oxygen atoms in total. The van der Waals surface area contributed by atoms with Gasteiger partial charge >= 0.3 is 0 Å². The number of aromatic nitrogens is 1. The Bertz CT molecular complexity index is 602. The SMILES string of the molecule is Nc1cc(NC(=O)c2cncc(Br)c2)ccc1Br. The van der Waals surface area contributed by atoms with Crippen LogP contribution in [0.15, 0.2) is 45.6 Å². The third kappa shape index (κ3) is 3.08. The fourth-order valence-corrected chi connectivity index (χ4v) is 1.97. The number of nitrogens with zero attached hydrogens (tertiary/aromatic N) is 1. The van der Waals surface area contributed by atoms with Crippen LogP contribution in [-0.2, 0) is 0 Å². The summed E-state index contributed by atoms with van der Waals surface area (Å²) in [6.45, 7) is 0. The quantitative estimate of drug-likeness (QED) is 0.795. The van der Waals surface area contributed by atoms with E-state index >= 15 is 0 Å². The van der Waals surface area contributed by atoms with Crippen molar-refractivity contribution in [2.45, 2.75) is 0 Å². The van der Waals surface area contributed by atoms with Gasteiger partial charge in [0, 0.05) is 32.7 Å². The molecule has 2 rings (SSSR count). The molecular formula is C12H9Br2N3O. The van der Waals surface area contributed by atoms with Crippen molar-refractivity contribution in [3.63, 3.8) is 0 Å². The average molecular weight is 371 g/mol. The van der Waals surface area contributed by atoms with Crippen LogP contribution in [0.1, 0.15) is 10.4 Å². The number of anilines is 2. The summed E-state index contributed by atoms with van der Waals surface area (Å²) in [5.41, 5.74) is 7.43. The van der Waals surface area contributed by atoms with Gasteiger partial charge in [-0.2, -0.15) is 0 Å². The van der Waals surface area contributed by atoms with E-state index in [0.29, 0.717) is 16.9 Å². The molecule has 0 radical (unpaired) electrons. The standard InChI is InChI=1S/C12H9Br2N3O/c13-8-3-7(5-16-6-8)12(18)17-9-1-2-10(14)11(15)4-9/h1-6H,15H2,(H,17,18). The van der Waals surface area contributed by atoms with Crippen LogP contribution in [0.5, 0.6) is 0 Å².